The van der Waals surface area contributed by atoms with E-state index < -0.39 is 0 Å². The molecule has 0 unspecified atom stereocenters. The van der Waals surface area contributed by atoms with Crippen molar-refractivity contribution < 1.29 is 4.43 Å². The fourth-order valence-electron chi connectivity index (χ4n) is 0.672. The van der Waals surface area contributed by atoms with Crippen LogP contribution in [-0.4, -0.2) is 10.5 Å². The van der Waals surface area contributed by atoms with E-state index in [0.29, 0.717) is 0 Å². The highest BCUT2D eigenvalue weighted by atomic mass is 28.2. The molecule has 0 heterocycles. The molecule has 0 N–H and O–H groups in total. The monoisotopic (exact) mass is 147 g/mol. The Morgan fingerprint density at radius 3 is 2.30 bits per heavy atom. The largest absolute Gasteiger partial charge is 0.540 e. The highest BCUT2D eigenvalue weighted by Gasteiger charge is 1.87. The molecule has 0 fully saturated rings. The van der Waals surface area contributed by atoms with E-state index in [2.05, 4.69) is 17.1 Å². The van der Waals surface area contributed by atoms with Crippen LogP contribution in [0.5, 0.6) is 5.75 Å². The first kappa shape index (κ1) is 7.09. The Balaban J connectivity index is 2.90. The van der Waals surface area contributed by atoms with Crippen molar-refractivity contribution in [1.82, 2.24) is 0 Å². The molecule has 0 spiro atoms. The van der Waals surface area contributed by atoms with Crippen molar-refractivity contribution in [3.63, 3.8) is 0 Å². The molecule has 0 atom stereocenters. The highest BCUT2D eigenvalue weighted by molar-refractivity contribution is 5.99. The normalized spacial score (nSPS) is 8.90. The summed E-state index contributed by atoms with van der Waals surface area (Å²) < 4.78 is 4.78. The van der Waals surface area contributed by atoms with Gasteiger partial charge in [-0.05, 0) is 17.7 Å². The van der Waals surface area contributed by atoms with E-state index in [1.807, 2.05) is 24.3 Å². The van der Waals surface area contributed by atoms with Gasteiger partial charge in [-0.15, -0.1) is 0 Å². The van der Waals surface area contributed by atoms with Gasteiger partial charge in [0, 0.05) is 0 Å². The summed E-state index contributed by atoms with van der Waals surface area (Å²) in [5, 5.41) is 0. The predicted octanol–water partition coefficient (Wildman–Crippen LogP) is 1.79. The zero-order valence-corrected chi connectivity index (χ0v) is 6.50. The quantitative estimate of drug-likeness (QED) is 0.579. The number of benzene rings is 1. The van der Waals surface area contributed by atoms with Gasteiger partial charge in [0.15, 0.2) is 0 Å². The van der Waals surface area contributed by atoms with Crippen molar-refractivity contribution in [3.8, 4) is 5.75 Å². The SMILES string of the molecule is C=Cc1ccc(O[Si])cc1. The van der Waals surface area contributed by atoms with E-state index in [1.54, 1.807) is 6.08 Å². The van der Waals surface area contributed by atoms with Gasteiger partial charge in [0.05, 0.1) is 0 Å². The van der Waals surface area contributed by atoms with Crippen molar-refractivity contribution >= 4 is 16.6 Å². The van der Waals surface area contributed by atoms with E-state index >= 15 is 0 Å². The molecule has 0 amide bonds. The van der Waals surface area contributed by atoms with Crippen LogP contribution in [0.25, 0.3) is 6.08 Å². The van der Waals surface area contributed by atoms with Gasteiger partial charge in [0.1, 0.15) is 5.75 Å². The maximum Gasteiger partial charge on any atom is 0.341 e. The first-order valence-electron chi connectivity index (χ1n) is 2.93. The summed E-state index contributed by atoms with van der Waals surface area (Å²) in [6.45, 7) is 3.63. The molecular formula is C8H7OSi. The van der Waals surface area contributed by atoms with Gasteiger partial charge in [-0.2, -0.15) is 0 Å². The van der Waals surface area contributed by atoms with Crippen LogP contribution in [0.1, 0.15) is 5.56 Å². The molecule has 49 valence electrons. The van der Waals surface area contributed by atoms with Gasteiger partial charge in [0.2, 0.25) is 0 Å². The third-order valence-corrected chi connectivity index (χ3v) is 1.47. The lowest BCUT2D eigenvalue weighted by Crippen LogP contribution is -1.83. The van der Waals surface area contributed by atoms with Crippen LogP contribution in [0.4, 0.5) is 0 Å². The number of rotatable bonds is 2. The summed E-state index contributed by atoms with van der Waals surface area (Å²) in [5.41, 5.74) is 1.09. The lowest BCUT2D eigenvalue weighted by molar-refractivity contribution is 0.616. The van der Waals surface area contributed by atoms with Crippen molar-refractivity contribution in [3.05, 3.63) is 36.4 Å². The topological polar surface area (TPSA) is 9.23 Å². The Hall–Kier alpha value is -1.02. The highest BCUT2D eigenvalue weighted by Crippen LogP contribution is 2.10. The van der Waals surface area contributed by atoms with Crippen molar-refractivity contribution in [1.29, 1.82) is 0 Å². The molecule has 1 nitrogen and oxygen atoms in total. The first-order valence-corrected chi connectivity index (χ1v) is 3.33. The molecule has 1 aromatic rings. The summed E-state index contributed by atoms with van der Waals surface area (Å²) in [6.07, 6.45) is 1.79. The van der Waals surface area contributed by atoms with E-state index in [1.165, 1.54) is 0 Å². The smallest absolute Gasteiger partial charge is 0.341 e. The Morgan fingerprint density at radius 1 is 1.30 bits per heavy atom. The zero-order valence-electron chi connectivity index (χ0n) is 5.50. The van der Waals surface area contributed by atoms with Crippen LogP contribution >= 0.6 is 0 Å². The second-order valence-electron chi connectivity index (χ2n) is 1.88. The Bertz CT molecular complexity index is 215. The van der Waals surface area contributed by atoms with Crippen molar-refractivity contribution in [2.45, 2.75) is 0 Å². The lowest BCUT2D eigenvalue weighted by Gasteiger charge is -1.97. The molecule has 0 aromatic heterocycles. The molecular weight excluding hydrogens is 140 g/mol. The number of hydrogen-bond donors (Lipinski definition) is 0. The van der Waals surface area contributed by atoms with Crippen LogP contribution in [-0.2, 0) is 0 Å². The Kier molecular flexibility index (Phi) is 2.28. The molecule has 1 rings (SSSR count). The summed E-state index contributed by atoms with van der Waals surface area (Å²) in [5.74, 6) is 0.794. The van der Waals surface area contributed by atoms with Gasteiger partial charge >= 0.3 is 10.5 Å². The molecule has 0 aliphatic carbocycles. The van der Waals surface area contributed by atoms with Crippen LogP contribution in [0, 0.1) is 0 Å². The summed E-state index contributed by atoms with van der Waals surface area (Å²) >= 11 is 0. The lowest BCUT2D eigenvalue weighted by atomic mass is 10.2. The second kappa shape index (κ2) is 3.22. The third kappa shape index (κ3) is 1.48. The molecule has 0 bridgehead atoms. The van der Waals surface area contributed by atoms with Gasteiger partial charge in [0.25, 0.3) is 0 Å². The molecule has 0 saturated carbocycles. The molecule has 2 heteroatoms. The van der Waals surface area contributed by atoms with Gasteiger partial charge in [-0.25, -0.2) is 0 Å². The maximum atomic E-state index is 4.78. The predicted molar refractivity (Wildman–Crippen MR) is 42.9 cm³/mol. The van der Waals surface area contributed by atoms with Crippen LogP contribution in [0.15, 0.2) is 30.8 Å². The van der Waals surface area contributed by atoms with E-state index in [4.69, 9.17) is 4.43 Å². The third-order valence-electron chi connectivity index (χ3n) is 1.23. The summed E-state index contributed by atoms with van der Waals surface area (Å²) in [6, 6.07) is 7.60. The van der Waals surface area contributed by atoms with Gasteiger partial charge in [-0.1, -0.05) is 24.8 Å². The second-order valence-corrected chi connectivity index (χ2v) is 2.08. The fourth-order valence-corrected chi connectivity index (χ4v) is 0.808. The first-order chi connectivity index (χ1) is 4.86. The van der Waals surface area contributed by atoms with Gasteiger partial charge in [-0.3, -0.25) is 0 Å². The molecule has 0 aliphatic heterocycles. The zero-order chi connectivity index (χ0) is 7.40. The van der Waals surface area contributed by atoms with Crippen LogP contribution in [0.3, 0.4) is 0 Å². The molecule has 10 heavy (non-hydrogen) atoms. The maximum absolute atomic E-state index is 4.78. The fraction of sp³-hybridized carbons (Fsp3) is 0. The van der Waals surface area contributed by atoms with E-state index in [-0.39, 0.29) is 0 Å². The molecule has 1 aromatic carbocycles. The van der Waals surface area contributed by atoms with E-state index in [9.17, 15) is 0 Å². The average Bonchev–Trinajstić information content (AvgIpc) is 2.05. The molecule has 3 radical (unpaired) electrons. The molecule has 0 saturated heterocycles. The van der Waals surface area contributed by atoms with Crippen LogP contribution in [0.2, 0.25) is 0 Å². The van der Waals surface area contributed by atoms with Crippen molar-refractivity contribution in [2.75, 3.05) is 0 Å². The minimum absolute atomic E-state index is 0.794. The summed E-state index contributed by atoms with van der Waals surface area (Å²) in [7, 11) is 2.92. The number of hydrogen-bond acceptors (Lipinski definition) is 1. The van der Waals surface area contributed by atoms with E-state index in [0.717, 1.165) is 11.3 Å². The molecule has 0 aliphatic rings. The van der Waals surface area contributed by atoms with Crippen molar-refractivity contribution in [2.24, 2.45) is 0 Å². The standard InChI is InChI=1S/C8H7OSi/c1-2-7-3-5-8(9-10)6-4-7/h2-6H,1H2. The van der Waals surface area contributed by atoms with Crippen LogP contribution < -0.4 is 4.43 Å². The Morgan fingerprint density at radius 2 is 1.90 bits per heavy atom. The minimum atomic E-state index is 0.794. The minimum Gasteiger partial charge on any atom is -0.540 e. The summed E-state index contributed by atoms with van der Waals surface area (Å²) in [4.78, 5) is 0. The average molecular weight is 147 g/mol. The van der Waals surface area contributed by atoms with Gasteiger partial charge < -0.3 is 4.43 Å². The Labute approximate surface area is 63.9 Å².